The van der Waals surface area contributed by atoms with Crippen LogP contribution in [0, 0.1) is 6.92 Å². The summed E-state index contributed by atoms with van der Waals surface area (Å²) >= 11 is 0. The van der Waals surface area contributed by atoms with Gasteiger partial charge in [0.2, 0.25) is 10.0 Å². The van der Waals surface area contributed by atoms with Gasteiger partial charge in [-0.15, -0.1) is 0 Å². The van der Waals surface area contributed by atoms with Gasteiger partial charge in [-0.05, 0) is 44.7 Å². The minimum absolute atomic E-state index is 0.0996. The van der Waals surface area contributed by atoms with E-state index in [9.17, 15) is 8.42 Å². The predicted molar refractivity (Wildman–Crippen MR) is 77.1 cm³/mol. The van der Waals surface area contributed by atoms with Crippen LogP contribution in [0.2, 0.25) is 0 Å². The van der Waals surface area contributed by atoms with Crippen molar-refractivity contribution in [3.8, 4) is 0 Å². The molecule has 0 N–H and O–H groups in total. The molecule has 0 unspecified atom stereocenters. The van der Waals surface area contributed by atoms with Gasteiger partial charge in [0.1, 0.15) is 0 Å². The normalized spacial score (nSPS) is 21.3. The summed E-state index contributed by atoms with van der Waals surface area (Å²) in [6.45, 7) is 3.29. The first-order valence-electron chi connectivity index (χ1n) is 7.27. The smallest absolute Gasteiger partial charge is 0.243 e. The number of hydrogen-bond donors (Lipinski definition) is 0. The molecule has 1 saturated heterocycles. The highest BCUT2D eigenvalue weighted by Gasteiger charge is 2.42. The first-order chi connectivity index (χ1) is 9.59. The number of nitrogens with zero attached hydrogens (tertiary/aromatic N) is 1. The average molecular weight is 295 g/mol. The lowest BCUT2D eigenvalue weighted by atomic mass is 10.1. The summed E-state index contributed by atoms with van der Waals surface area (Å²) in [7, 11) is -3.38. The quantitative estimate of drug-likeness (QED) is 0.856. The minimum Gasteiger partial charge on any atom is -0.381 e. The Hall–Kier alpha value is -0.910. The number of rotatable bonds is 4. The van der Waals surface area contributed by atoms with Crippen LogP contribution in [-0.2, 0) is 14.8 Å². The van der Waals surface area contributed by atoms with Crippen molar-refractivity contribution in [2.75, 3.05) is 13.2 Å². The van der Waals surface area contributed by atoms with Crippen LogP contribution in [0.5, 0.6) is 0 Å². The molecule has 0 radical (unpaired) electrons. The van der Waals surface area contributed by atoms with Crippen LogP contribution < -0.4 is 0 Å². The monoisotopic (exact) mass is 295 g/mol. The van der Waals surface area contributed by atoms with E-state index in [-0.39, 0.29) is 12.1 Å². The summed E-state index contributed by atoms with van der Waals surface area (Å²) < 4.78 is 32.9. The van der Waals surface area contributed by atoms with Crippen LogP contribution in [0.3, 0.4) is 0 Å². The molecule has 0 atom stereocenters. The summed E-state index contributed by atoms with van der Waals surface area (Å²) in [6.07, 6.45) is 3.59. The van der Waals surface area contributed by atoms with E-state index < -0.39 is 10.0 Å². The Labute approximate surface area is 120 Å². The van der Waals surface area contributed by atoms with Gasteiger partial charge in [0.15, 0.2) is 0 Å². The third-order valence-electron chi connectivity index (χ3n) is 4.05. The van der Waals surface area contributed by atoms with E-state index in [1.807, 2.05) is 19.1 Å². The maximum atomic E-state index is 12.9. The van der Waals surface area contributed by atoms with Gasteiger partial charge in [0, 0.05) is 25.3 Å². The molecule has 1 aromatic rings. The van der Waals surface area contributed by atoms with Gasteiger partial charge in [0.25, 0.3) is 0 Å². The summed E-state index contributed by atoms with van der Waals surface area (Å²) in [6, 6.07) is 7.47. The molecule has 3 rings (SSSR count). The Bertz CT molecular complexity index is 557. The van der Waals surface area contributed by atoms with Crippen LogP contribution in [0.25, 0.3) is 0 Å². The SMILES string of the molecule is Cc1ccc(S(=O)(=O)N(C2CCOCC2)C2CC2)cc1. The van der Waals surface area contributed by atoms with E-state index >= 15 is 0 Å². The van der Waals surface area contributed by atoms with Gasteiger partial charge in [-0.3, -0.25) is 0 Å². The molecule has 0 aromatic heterocycles. The largest absolute Gasteiger partial charge is 0.381 e. The summed E-state index contributed by atoms with van der Waals surface area (Å²) in [5, 5.41) is 0. The maximum absolute atomic E-state index is 12.9. The summed E-state index contributed by atoms with van der Waals surface area (Å²) in [5.74, 6) is 0. The lowest BCUT2D eigenvalue weighted by Crippen LogP contribution is -2.44. The van der Waals surface area contributed by atoms with Crippen LogP contribution >= 0.6 is 0 Å². The summed E-state index contributed by atoms with van der Waals surface area (Å²) in [5.41, 5.74) is 1.08. The van der Waals surface area contributed by atoms with Gasteiger partial charge in [0.05, 0.1) is 4.90 Å². The zero-order valence-corrected chi connectivity index (χ0v) is 12.6. The van der Waals surface area contributed by atoms with Crippen LogP contribution in [0.1, 0.15) is 31.2 Å². The van der Waals surface area contributed by atoms with Crippen molar-refractivity contribution in [3.05, 3.63) is 29.8 Å². The first kappa shape index (κ1) is 14.0. The number of benzene rings is 1. The molecule has 1 aliphatic carbocycles. The van der Waals surface area contributed by atoms with Gasteiger partial charge in [-0.2, -0.15) is 4.31 Å². The van der Waals surface area contributed by atoms with Crippen LogP contribution in [0.4, 0.5) is 0 Å². The van der Waals surface area contributed by atoms with Crippen LogP contribution in [-0.4, -0.2) is 38.0 Å². The zero-order chi connectivity index (χ0) is 14.2. The highest BCUT2D eigenvalue weighted by molar-refractivity contribution is 7.89. The lowest BCUT2D eigenvalue weighted by Gasteiger charge is -2.33. The molecule has 5 heteroatoms. The van der Waals surface area contributed by atoms with Crippen molar-refractivity contribution in [3.63, 3.8) is 0 Å². The predicted octanol–water partition coefficient (Wildman–Crippen LogP) is 2.33. The Morgan fingerprint density at radius 3 is 2.10 bits per heavy atom. The van der Waals surface area contributed by atoms with Crippen molar-refractivity contribution in [2.45, 2.75) is 49.6 Å². The zero-order valence-electron chi connectivity index (χ0n) is 11.8. The Kier molecular flexibility index (Phi) is 3.84. The van der Waals surface area contributed by atoms with Crippen molar-refractivity contribution < 1.29 is 13.2 Å². The Balaban J connectivity index is 1.91. The highest BCUT2D eigenvalue weighted by atomic mass is 32.2. The van der Waals surface area contributed by atoms with E-state index in [0.29, 0.717) is 18.1 Å². The molecule has 4 nitrogen and oxygen atoms in total. The molecular formula is C15H21NO3S. The molecule has 0 bridgehead atoms. The highest BCUT2D eigenvalue weighted by Crippen LogP contribution is 2.36. The number of ether oxygens (including phenoxy) is 1. The van der Waals surface area contributed by atoms with Gasteiger partial charge >= 0.3 is 0 Å². The van der Waals surface area contributed by atoms with Crippen LogP contribution in [0.15, 0.2) is 29.2 Å². The molecular weight excluding hydrogens is 274 g/mol. The molecule has 1 aliphatic heterocycles. The molecule has 2 fully saturated rings. The average Bonchev–Trinajstić information content (AvgIpc) is 3.25. The van der Waals surface area contributed by atoms with E-state index in [1.165, 1.54) is 0 Å². The second-order valence-electron chi connectivity index (χ2n) is 5.72. The van der Waals surface area contributed by atoms with Crippen molar-refractivity contribution in [1.82, 2.24) is 4.31 Å². The molecule has 1 heterocycles. The van der Waals surface area contributed by atoms with Gasteiger partial charge in [-0.25, -0.2) is 8.42 Å². The fourth-order valence-corrected chi connectivity index (χ4v) is 4.72. The van der Waals surface area contributed by atoms with E-state index in [1.54, 1.807) is 16.4 Å². The summed E-state index contributed by atoms with van der Waals surface area (Å²) in [4.78, 5) is 0.418. The Morgan fingerprint density at radius 1 is 1.00 bits per heavy atom. The molecule has 0 spiro atoms. The first-order valence-corrected chi connectivity index (χ1v) is 8.71. The maximum Gasteiger partial charge on any atom is 0.243 e. The number of sulfonamides is 1. The minimum atomic E-state index is -3.38. The molecule has 110 valence electrons. The molecule has 1 saturated carbocycles. The van der Waals surface area contributed by atoms with E-state index in [0.717, 1.165) is 31.2 Å². The Morgan fingerprint density at radius 2 is 1.55 bits per heavy atom. The fourth-order valence-electron chi connectivity index (χ4n) is 2.79. The van der Waals surface area contributed by atoms with E-state index in [4.69, 9.17) is 4.74 Å². The third kappa shape index (κ3) is 2.75. The number of aryl methyl sites for hydroxylation is 1. The van der Waals surface area contributed by atoms with Gasteiger partial charge < -0.3 is 4.74 Å². The topological polar surface area (TPSA) is 46.6 Å². The molecule has 2 aliphatic rings. The van der Waals surface area contributed by atoms with Crippen molar-refractivity contribution in [1.29, 1.82) is 0 Å². The second-order valence-corrected chi connectivity index (χ2v) is 7.57. The number of hydrogen-bond acceptors (Lipinski definition) is 3. The molecule has 20 heavy (non-hydrogen) atoms. The molecule has 1 aromatic carbocycles. The van der Waals surface area contributed by atoms with E-state index in [2.05, 4.69) is 0 Å². The second kappa shape index (κ2) is 5.47. The van der Waals surface area contributed by atoms with Crippen molar-refractivity contribution in [2.24, 2.45) is 0 Å². The standard InChI is InChI=1S/C15H21NO3S/c1-12-2-6-15(7-3-12)20(17,18)16(13-4-5-13)14-8-10-19-11-9-14/h2-3,6-7,13-14H,4-5,8-11H2,1H3. The third-order valence-corrected chi connectivity index (χ3v) is 6.07. The van der Waals surface area contributed by atoms with Crippen molar-refractivity contribution >= 4 is 10.0 Å². The fraction of sp³-hybridized carbons (Fsp3) is 0.600. The molecule has 0 amide bonds. The van der Waals surface area contributed by atoms with Gasteiger partial charge in [-0.1, -0.05) is 17.7 Å². The lowest BCUT2D eigenvalue weighted by molar-refractivity contribution is 0.0569.